The second kappa shape index (κ2) is 4.41. The van der Waals surface area contributed by atoms with Crippen LogP contribution in [0.2, 0.25) is 0 Å². The molecule has 0 unspecified atom stereocenters. The second-order valence-corrected chi connectivity index (χ2v) is 4.63. The SMILES string of the molecule is FC[C@H]1CNC[C@@H]1C1CCCCC1. The minimum absolute atomic E-state index is 0.117. The largest absolute Gasteiger partial charge is 0.316 e. The van der Waals surface area contributed by atoms with Crippen LogP contribution in [0.5, 0.6) is 0 Å². The first-order valence-electron chi connectivity index (χ1n) is 5.68. The van der Waals surface area contributed by atoms with E-state index in [9.17, 15) is 4.39 Å². The van der Waals surface area contributed by atoms with Crippen LogP contribution >= 0.6 is 0 Å². The molecular weight excluding hydrogens is 165 g/mol. The van der Waals surface area contributed by atoms with Crippen LogP contribution in [0.15, 0.2) is 0 Å². The summed E-state index contributed by atoms with van der Waals surface area (Å²) >= 11 is 0. The van der Waals surface area contributed by atoms with E-state index in [1.807, 2.05) is 0 Å². The quantitative estimate of drug-likeness (QED) is 0.696. The third-order valence-electron chi connectivity index (χ3n) is 3.85. The highest BCUT2D eigenvalue weighted by atomic mass is 19.1. The van der Waals surface area contributed by atoms with Gasteiger partial charge in [-0.05, 0) is 18.4 Å². The van der Waals surface area contributed by atoms with Gasteiger partial charge < -0.3 is 5.32 Å². The molecule has 1 heterocycles. The van der Waals surface area contributed by atoms with Crippen molar-refractivity contribution in [1.29, 1.82) is 0 Å². The summed E-state index contributed by atoms with van der Waals surface area (Å²) in [5.74, 6) is 1.79. The summed E-state index contributed by atoms with van der Waals surface area (Å²) in [4.78, 5) is 0. The molecule has 13 heavy (non-hydrogen) atoms. The van der Waals surface area contributed by atoms with Crippen molar-refractivity contribution in [1.82, 2.24) is 5.32 Å². The van der Waals surface area contributed by atoms with Gasteiger partial charge in [-0.25, -0.2) is 0 Å². The molecule has 2 aliphatic rings. The smallest absolute Gasteiger partial charge is 0.0937 e. The van der Waals surface area contributed by atoms with E-state index in [1.165, 1.54) is 32.1 Å². The maximum atomic E-state index is 12.7. The number of hydrogen-bond acceptors (Lipinski definition) is 1. The van der Waals surface area contributed by atoms with Crippen LogP contribution in [0.3, 0.4) is 0 Å². The summed E-state index contributed by atoms with van der Waals surface area (Å²) in [5, 5.41) is 3.33. The average molecular weight is 185 g/mol. The number of rotatable bonds is 2. The molecule has 0 aromatic carbocycles. The topological polar surface area (TPSA) is 12.0 Å². The van der Waals surface area contributed by atoms with Crippen molar-refractivity contribution in [2.45, 2.75) is 32.1 Å². The molecule has 1 N–H and O–H groups in total. The maximum absolute atomic E-state index is 12.7. The Balaban J connectivity index is 1.90. The van der Waals surface area contributed by atoms with Crippen molar-refractivity contribution < 1.29 is 4.39 Å². The van der Waals surface area contributed by atoms with Gasteiger partial charge in [0, 0.05) is 12.5 Å². The van der Waals surface area contributed by atoms with E-state index >= 15 is 0 Å². The van der Waals surface area contributed by atoms with Crippen molar-refractivity contribution in [2.75, 3.05) is 19.8 Å². The Kier molecular flexibility index (Phi) is 3.20. The molecule has 2 atom stereocenters. The van der Waals surface area contributed by atoms with Gasteiger partial charge >= 0.3 is 0 Å². The van der Waals surface area contributed by atoms with Crippen LogP contribution in [-0.2, 0) is 0 Å². The van der Waals surface area contributed by atoms with Crippen molar-refractivity contribution >= 4 is 0 Å². The van der Waals surface area contributed by atoms with Crippen molar-refractivity contribution in [2.24, 2.45) is 17.8 Å². The number of alkyl halides is 1. The van der Waals surface area contributed by atoms with Crippen molar-refractivity contribution in [3.8, 4) is 0 Å². The second-order valence-electron chi connectivity index (χ2n) is 4.63. The fourth-order valence-electron chi connectivity index (χ4n) is 3.04. The molecule has 0 aromatic heterocycles. The molecule has 0 spiro atoms. The van der Waals surface area contributed by atoms with Crippen LogP contribution in [0.25, 0.3) is 0 Å². The van der Waals surface area contributed by atoms with Gasteiger partial charge in [-0.1, -0.05) is 32.1 Å². The van der Waals surface area contributed by atoms with Gasteiger partial charge in [-0.2, -0.15) is 0 Å². The van der Waals surface area contributed by atoms with E-state index in [1.54, 1.807) is 0 Å². The highest BCUT2D eigenvalue weighted by molar-refractivity contribution is 4.86. The molecule has 0 bridgehead atoms. The first kappa shape index (κ1) is 9.45. The molecule has 1 saturated heterocycles. The fourth-order valence-corrected chi connectivity index (χ4v) is 3.04. The molecule has 0 amide bonds. The first-order valence-corrected chi connectivity index (χ1v) is 5.68. The van der Waals surface area contributed by atoms with Crippen molar-refractivity contribution in [3.05, 3.63) is 0 Å². The molecule has 2 fully saturated rings. The molecule has 0 aromatic rings. The lowest BCUT2D eigenvalue weighted by molar-refractivity contribution is 0.193. The van der Waals surface area contributed by atoms with E-state index in [0.717, 1.165) is 19.0 Å². The zero-order valence-electron chi connectivity index (χ0n) is 8.27. The number of nitrogens with one attached hydrogen (secondary N) is 1. The molecule has 1 aliphatic heterocycles. The molecule has 1 saturated carbocycles. The lowest BCUT2D eigenvalue weighted by Crippen LogP contribution is -2.25. The predicted octanol–water partition coefficient (Wildman–Crippen LogP) is 2.37. The summed E-state index contributed by atoms with van der Waals surface area (Å²) in [6, 6.07) is 0. The monoisotopic (exact) mass is 185 g/mol. The lowest BCUT2D eigenvalue weighted by Gasteiger charge is -2.29. The highest BCUT2D eigenvalue weighted by Gasteiger charge is 2.33. The first-order chi connectivity index (χ1) is 6.42. The maximum Gasteiger partial charge on any atom is 0.0937 e. The molecule has 1 aliphatic carbocycles. The van der Waals surface area contributed by atoms with Gasteiger partial charge in [0.05, 0.1) is 6.67 Å². The Morgan fingerprint density at radius 2 is 1.85 bits per heavy atom. The summed E-state index contributed by atoms with van der Waals surface area (Å²) in [5.41, 5.74) is 0. The summed E-state index contributed by atoms with van der Waals surface area (Å²) in [7, 11) is 0. The Hall–Kier alpha value is -0.110. The number of halogens is 1. The van der Waals surface area contributed by atoms with Gasteiger partial charge in [0.1, 0.15) is 0 Å². The Labute approximate surface area is 80.1 Å². The predicted molar refractivity (Wildman–Crippen MR) is 52.4 cm³/mol. The Morgan fingerprint density at radius 3 is 2.54 bits per heavy atom. The van der Waals surface area contributed by atoms with Crippen molar-refractivity contribution in [3.63, 3.8) is 0 Å². The van der Waals surface area contributed by atoms with E-state index in [2.05, 4.69) is 5.32 Å². The Morgan fingerprint density at radius 1 is 1.08 bits per heavy atom. The van der Waals surface area contributed by atoms with Gasteiger partial charge in [0.25, 0.3) is 0 Å². The molecule has 0 radical (unpaired) electrons. The van der Waals surface area contributed by atoms with Gasteiger partial charge in [-0.15, -0.1) is 0 Å². The average Bonchev–Trinajstić information content (AvgIpc) is 2.67. The van der Waals surface area contributed by atoms with Crippen LogP contribution in [0, 0.1) is 17.8 Å². The Bertz CT molecular complexity index is 154. The van der Waals surface area contributed by atoms with E-state index < -0.39 is 0 Å². The molecular formula is C11H20FN. The molecule has 2 rings (SSSR count). The third kappa shape index (κ3) is 2.04. The minimum atomic E-state index is -0.117. The molecule has 76 valence electrons. The fraction of sp³-hybridized carbons (Fsp3) is 1.00. The third-order valence-corrected chi connectivity index (χ3v) is 3.85. The van der Waals surface area contributed by atoms with Gasteiger partial charge in [-0.3, -0.25) is 4.39 Å². The van der Waals surface area contributed by atoms with Crippen LogP contribution in [0.4, 0.5) is 4.39 Å². The zero-order valence-corrected chi connectivity index (χ0v) is 8.27. The molecule has 1 nitrogen and oxygen atoms in total. The minimum Gasteiger partial charge on any atom is -0.316 e. The van der Waals surface area contributed by atoms with E-state index in [-0.39, 0.29) is 6.67 Å². The highest BCUT2D eigenvalue weighted by Crippen LogP contribution is 2.35. The summed E-state index contributed by atoms with van der Waals surface area (Å²) < 4.78 is 12.7. The molecule has 2 heteroatoms. The standard InChI is InChI=1S/C11H20FN/c12-6-10-7-13-8-11(10)9-4-2-1-3-5-9/h9-11,13H,1-8H2/t10-,11+/m0/s1. The van der Waals surface area contributed by atoms with Crippen LogP contribution < -0.4 is 5.32 Å². The normalized spacial score (nSPS) is 36.7. The van der Waals surface area contributed by atoms with Crippen LogP contribution in [0.1, 0.15) is 32.1 Å². The zero-order chi connectivity index (χ0) is 9.10. The summed E-state index contributed by atoms with van der Waals surface area (Å²) in [6.45, 7) is 1.87. The van der Waals surface area contributed by atoms with Gasteiger partial charge in [0.2, 0.25) is 0 Å². The summed E-state index contributed by atoms with van der Waals surface area (Å²) in [6.07, 6.45) is 6.85. The lowest BCUT2D eigenvalue weighted by atomic mass is 9.76. The number of hydrogen-bond donors (Lipinski definition) is 1. The van der Waals surface area contributed by atoms with E-state index in [0.29, 0.717) is 11.8 Å². The van der Waals surface area contributed by atoms with Crippen LogP contribution in [-0.4, -0.2) is 19.8 Å². The van der Waals surface area contributed by atoms with E-state index in [4.69, 9.17) is 0 Å². The van der Waals surface area contributed by atoms with Gasteiger partial charge in [0.15, 0.2) is 0 Å².